The van der Waals surface area contributed by atoms with E-state index < -0.39 is 54.3 Å². The van der Waals surface area contributed by atoms with Crippen LogP contribution in [0.2, 0.25) is 0 Å². The molecule has 0 saturated carbocycles. The number of hydrogen-bond donors (Lipinski definition) is 2. The molecule has 2 aliphatic rings. The summed E-state index contributed by atoms with van der Waals surface area (Å²) in [5.74, 6) is -1.19. The number of halogens is 2. The Kier molecular flexibility index (Phi) is 10.8. The van der Waals surface area contributed by atoms with Gasteiger partial charge in [-0.2, -0.15) is 0 Å². The first-order chi connectivity index (χ1) is 23.6. The zero-order valence-electron chi connectivity index (χ0n) is 29.4. The zero-order valence-corrected chi connectivity index (χ0v) is 29.4. The Morgan fingerprint density at radius 2 is 1.14 bits per heavy atom. The van der Waals surface area contributed by atoms with E-state index in [0.717, 1.165) is 11.1 Å². The fourth-order valence-electron chi connectivity index (χ4n) is 5.87. The number of nitrogens with zero attached hydrogens (tertiary/aromatic N) is 5. The first-order valence-corrected chi connectivity index (χ1v) is 16.7. The molecule has 13 heteroatoms. The smallest absolute Gasteiger partial charge is 0.410 e. The highest BCUT2D eigenvalue weighted by atomic mass is 19.1. The maximum Gasteiger partial charge on any atom is 0.410 e. The van der Waals surface area contributed by atoms with E-state index in [0.29, 0.717) is 50.1 Å². The van der Waals surface area contributed by atoms with Crippen LogP contribution in [0, 0.1) is 11.6 Å². The van der Waals surface area contributed by atoms with E-state index in [4.69, 9.17) is 9.47 Å². The number of rotatable bonds is 7. The lowest BCUT2D eigenvalue weighted by molar-refractivity contribution is 0.0260. The minimum Gasteiger partial charge on any atom is -0.444 e. The normalized spacial score (nSPS) is 15.6. The average molecular weight is 694 g/mol. The van der Waals surface area contributed by atoms with Gasteiger partial charge in [0.05, 0.1) is 30.4 Å². The van der Waals surface area contributed by atoms with Crippen LogP contribution in [-0.4, -0.2) is 97.6 Å². The summed E-state index contributed by atoms with van der Waals surface area (Å²) in [6, 6.07) is 8.30. The van der Waals surface area contributed by atoms with Crippen LogP contribution in [-0.2, 0) is 9.47 Å². The number of carbonyl (C=O) groups excluding carboxylic acids is 2. The van der Waals surface area contributed by atoms with Crippen molar-refractivity contribution in [2.24, 2.45) is 0 Å². The van der Waals surface area contributed by atoms with Gasteiger partial charge in [0, 0.05) is 26.2 Å². The van der Waals surface area contributed by atoms with Crippen LogP contribution in [0.25, 0.3) is 33.9 Å². The van der Waals surface area contributed by atoms with Gasteiger partial charge in [0.1, 0.15) is 22.8 Å². The number of aliphatic hydroxyl groups is 2. The quantitative estimate of drug-likeness (QED) is 0.288. The summed E-state index contributed by atoms with van der Waals surface area (Å²) in [5, 5.41) is 28.7. The highest BCUT2D eigenvalue weighted by Crippen LogP contribution is 2.34. The number of amides is 2. The van der Waals surface area contributed by atoms with E-state index in [1.54, 1.807) is 63.5 Å². The Hall–Kier alpha value is -4.62. The molecule has 1 aromatic heterocycles. The minimum absolute atomic E-state index is 0.0200. The van der Waals surface area contributed by atoms with Crippen LogP contribution in [0.15, 0.2) is 48.6 Å². The van der Waals surface area contributed by atoms with Gasteiger partial charge in [0.15, 0.2) is 11.6 Å². The molecule has 0 spiro atoms. The van der Waals surface area contributed by atoms with Crippen LogP contribution in [0.1, 0.15) is 71.6 Å². The molecule has 2 N–H and O–H groups in total. The van der Waals surface area contributed by atoms with Gasteiger partial charge in [-0.3, -0.25) is 4.57 Å². The maximum absolute atomic E-state index is 15.8. The number of carbonyl (C=O) groups is 2. The van der Waals surface area contributed by atoms with E-state index in [9.17, 15) is 19.8 Å². The molecule has 2 amide bonds. The Morgan fingerprint density at radius 3 is 1.44 bits per heavy atom. The van der Waals surface area contributed by atoms with Crippen LogP contribution < -0.4 is 0 Å². The van der Waals surface area contributed by atoms with Gasteiger partial charge < -0.3 is 29.5 Å². The van der Waals surface area contributed by atoms with Gasteiger partial charge in [-0.15, -0.1) is 10.2 Å². The molecule has 0 aliphatic carbocycles. The summed E-state index contributed by atoms with van der Waals surface area (Å²) < 4.78 is 43.9. The van der Waals surface area contributed by atoms with Gasteiger partial charge in [0.25, 0.3) is 0 Å². The molecule has 3 aromatic rings. The molecule has 0 saturated heterocycles. The Bertz CT molecular complexity index is 1680. The molecule has 5 rings (SSSR count). The second-order valence-corrected chi connectivity index (χ2v) is 14.4. The monoisotopic (exact) mass is 693 g/mol. The van der Waals surface area contributed by atoms with Gasteiger partial charge in [0.2, 0.25) is 0 Å². The number of ether oxygens (including phenoxy) is 2. The number of benzene rings is 2. The molecule has 2 aromatic carbocycles. The molecule has 50 heavy (non-hydrogen) atoms. The van der Waals surface area contributed by atoms with Gasteiger partial charge in [-0.25, -0.2) is 18.4 Å². The third-order valence-corrected chi connectivity index (χ3v) is 8.37. The van der Waals surface area contributed by atoms with Crippen molar-refractivity contribution >= 4 is 23.3 Å². The van der Waals surface area contributed by atoms with E-state index in [1.165, 1.54) is 28.8 Å². The average Bonchev–Trinajstić information content (AvgIpc) is 3.48. The predicted molar refractivity (Wildman–Crippen MR) is 185 cm³/mol. The van der Waals surface area contributed by atoms with Crippen LogP contribution >= 0.6 is 0 Å². The van der Waals surface area contributed by atoms with E-state index in [2.05, 4.69) is 10.2 Å². The number of aromatic nitrogens is 3. The molecule has 2 aliphatic heterocycles. The number of aliphatic hydroxyl groups excluding tert-OH is 2. The van der Waals surface area contributed by atoms with Crippen molar-refractivity contribution in [2.45, 2.75) is 71.6 Å². The molecule has 268 valence electrons. The highest BCUT2D eigenvalue weighted by Gasteiger charge is 2.28. The fraction of sp³-hybridized carbons (Fsp3) is 0.459. The number of hydrogen-bond acceptors (Lipinski definition) is 8. The second kappa shape index (κ2) is 14.7. The highest BCUT2D eigenvalue weighted by molar-refractivity contribution is 5.76. The summed E-state index contributed by atoms with van der Waals surface area (Å²) in [6.45, 7) is 11.3. The lowest BCUT2D eigenvalue weighted by atomic mass is 9.97. The molecule has 0 fully saturated rings. The van der Waals surface area contributed by atoms with Crippen molar-refractivity contribution in [1.29, 1.82) is 0 Å². The standard InChI is InChI=1S/C37H45F2N5O6/c1-36(2,3)49-34(47)42-15-11-23(12-16-42)25-7-9-28(30(38)19-25)32-40-41-33(44(32)27(21-45)22-46)29-10-8-26(20-31(29)39)24-13-17-43(18-14-24)35(48)50-37(4,5)6/h7-11,13,19-20,27,45-46H,12,14-18,21-22H2,1-6H3. The lowest BCUT2D eigenvalue weighted by Gasteiger charge is -2.29. The van der Waals surface area contributed by atoms with Crippen LogP contribution in [0.5, 0.6) is 0 Å². The molecular formula is C37H45F2N5O6. The molecule has 3 heterocycles. The molecule has 0 unspecified atom stereocenters. The largest absolute Gasteiger partial charge is 0.444 e. The lowest BCUT2D eigenvalue weighted by Crippen LogP contribution is -2.39. The first-order valence-electron chi connectivity index (χ1n) is 16.7. The Morgan fingerprint density at radius 1 is 0.740 bits per heavy atom. The zero-order chi connectivity index (χ0) is 36.4. The summed E-state index contributed by atoms with van der Waals surface area (Å²) in [5.41, 5.74) is 1.91. The third-order valence-electron chi connectivity index (χ3n) is 8.37. The third kappa shape index (κ3) is 8.39. The molecule has 0 radical (unpaired) electrons. The first kappa shape index (κ1) is 36.7. The molecular weight excluding hydrogens is 648 g/mol. The molecule has 0 bridgehead atoms. The predicted octanol–water partition coefficient (Wildman–Crippen LogP) is 6.46. The van der Waals surface area contributed by atoms with Gasteiger partial charge in [-0.05, 0) is 101 Å². The topological polar surface area (TPSA) is 130 Å². The summed E-state index contributed by atoms with van der Waals surface area (Å²) in [6.07, 6.45) is 3.92. The van der Waals surface area contributed by atoms with Crippen molar-refractivity contribution in [3.05, 3.63) is 71.3 Å². The summed E-state index contributed by atoms with van der Waals surface area (Å²) in [4.78, 5) is 28.1. The van der Waals surface area contributed by atoms with E-state index >= 15 is 8.78 Å². The van der Waals surface area contributed by atoms with E-state index in [-0.39, 0.29) is 22.8 Å². The SMILES string of the molecule is CC(C)(C)OC(=O)N1CC=C(c2ccc(-c3nnc(-c4ccc(C5=CCN(C(=O)OC(C)(C)C)CC5)cc4F)n3C(CO)CO)c(F)c2)CC1. The van der Waals surface area contributed by atoms with Crippen molar-refractivity contribution in [3.8, 4) is 22.8 Å². The van der Waals surface area contributed by atoms with Crippen LogP contribution in [0.4, 0.5) is 18.4 Å². The van der Waals surface area contributed by atoms with Gasteiger partial charge >= 0.3 is 12.2 Å². The maximum atomic E-state index is 15.8. The van der Waals surface area contributed by atoms with Crippen LogP contribution in [0.3, 0.4) is 0 Å². The fourth-order valence-corrected chi connectivity index (χ4v) is 5.87. The summed E-state index contributed by atoms with van der Waals surface area (Å²) >= 11 is 0. The van der Waals surface area contributed by atoms with Gasteiger partial charge in [-0.1, -0.05) is 24.3 Å². The molecule has 0 atom stereocenters. The second-order valence-electron chi connectivity index (χ2n) is 14.4. The van der Waals surface area contributed by atoms with E-state index in [1.807, 2.05) is 12.2 Å². The summed E-state index contributed by atoms with van der Waals surface area (Å²) in [7, 11) is 0. The van der Waals surface area contributed by atoms with Crippen molar-refractivity contribution < 1.29 is 38.1 Å². The Labute approximate surface area is 290 Å². The minimum atomic E-state index is -0.979. The Balaban J connectivity index is 1.39. The van der Waals surface area contributed by atoms with Crippen molar-refractivity contribution in [2.75, 3.05) is 39.4 Å². The molecule has 11 nitrogen and oxygen atoms in total. The van der Waals surface area contributed by atoms with Crippen molar-refractivity contribution in [3.63, 3.8) is 0 Å². The van der Waals surface area contributed by atoms with Crippen molar-refractivity contribution in [1.82, 2.24) is 24.6 Å².